The molecule has 0 fully saturated rings. The highest BCUT2D eigenvalue weighted by Gasteiger charge is 2.07. The fraction of sp³-hybridized carbons (Fsp3) is 0.300. The number of benzene rings is 3. The van der Waals surface area contributed by atoms with Crippen molar-refractivity contribution in [3.63, 3.8) is 0 Å². The first-order valence-corrected chi connectivity index (χ1v) is 12.4. The maximum Gasteiger partial charge on any atom is 0.264 e. The molecule has 30 heavy (non-hydrogen) atoms. The molecule has 8 nitrogen and oxygen atoms in total. The molecule has 0 aliphatic rings. The van der Waals surface area contributed by atoms with Crippen LogP contribution in [-0.4, -0.2) is 50.7 Å². The van der Waals surface area contributed by atoms with E-state index in [-0.39, 0.29) is 37.6 Å². The topological polar surface area (TPSA) is 127 Å². The Hall–Kier alpha value is -2.40. The van der Waals surface area contributed by atoms with Gasteiger partial charge < -0.3 is 9.47 Å². The van der Waals surface area contributed by atoms with Gasteiger partial charge in [0.15, 0.2) is 0 Å². The molecule has 0 radical (unpaired) electrons. The van der Waals surface area contributed by atoms with Crippen LogP contribution in [-0.2, 0) is 20.2 Å². The largest absolute Gasteiger partial charge is 0.494 e. The smallest absolute Gasteiger partial charge is 0.264 e. The van der Waals surface area contributed by atoms with Crippen LogP contribution in [0.4, 0.5) is 0 Å². The molecule has 3 aromatic rings. The van der Waals surface area contributed by atoms with Gasteiger partial charge in [-0.15, -0.1) is 0 Å². The Labute approximate surface area is 174 Å². The predicted molar refractivity (Wildman–Crippen MR) is 115 cm³/mol. The van der Waals surface area contributed by atoms with E-state index in [9.17, 15) is 16.8 Å². The van der Waals surface area contributed by atoms with Gasteiger partial charge in [-0.3, -0.25) is 9.11 Å². The molecule has 0 spiro atoms. The summed E-state index contributed by atoms with van der Waals surface area (Å²) in [5.74, 6) is 0.531. The number of fused-ring (bicyclic) bond motifs is 2. The van der Waals surface area contributed by atoms with Gasteiger partial charge in [-0.25, -0.2) is 0 Å². The molecule has 0 saturated carbocycles. The minimum absolute atomic E-state index is 0.178. The van der Waals surface area contributed by atoms with E-state index in [2.05, 4.69) is 0 Å². The summed E-state index contributed by atoms with van der Waals surface area (Å²) in [6.45, 7) is 0.355. The van der Waals surface area contributed by atoms with E-state index in [4.69, 9.17) is 18.6 Å². The molecule has 0 atom stereocenters. The zero-order valence-electron chi connectivity index (χ0n) is 16.0. The molecule has 0 amide bonds. The molecule has 3 aromatic carbocycles. The van der Waals surface area contributed by atoms with Crippen LogP contribution in [0.2, 0.25) is 0 Å². The summed E-state index contributed by atoms with van der Waals surface area (Å²) < 4.78 is 71.6. The van der Waals surface area contributed by atoms with Gasteiger partial charge in [-0.2, -0.15) is 16.8 Å². The molecule has 0 aliphatic carbocycles. The normalized spacial score (nSPS) is 12.3. The summed E-state index contributed by atoms with van der Waals surface area (Å²) in [4.78, 5) is 0. The Morgan fingerprint density at radius 3 is 1.37 bits per heavy atom. The van der Waals surface area contributed by atoms with Gasteiger partial charge in [0.05, 0.1) is 24.7 Å². The van der Waals surface area contributed by atoms with Gasteiger partial charge >= 0.3 is 0 Å². The number of rotatable bonds is 10. The van der Waals surface area contributed by atoms with E-state index in [0.29, 0.717) is 11.5 Å². The maximum absolute atomic E-state index is 10.7. The number of ether oxygens (including phenoxy) is 2. The zero-order chi connectivity index (χ0) is 21.8. The second-order valence-corrected chi connectivity index (χ2v) is 9.99. The van der Waals surface area contributed by atoms with Gasteiger partial charge in [-0.1, -0.05) is 12.1 Å². The van der Waals surface area contributed by atoms with Crippen LogP contribution in [0.1, 0.15) is 12.8 Å². The van der Waals surface area contributed by atoms with Crippen molar-refractivity contribution in [2.24, 2.45) is 0 Å². The maximum atomic E-state index is 10.7. The summed E-state index contributed by atoms with van der Waals surface area (Å²) in [6.07, 6.45) is 0.392. The van der Waals surface area contributed by atoms with Gasteiger partial charge in [0.2, 0.25) is 0 Å². The van der Waals surface area contributed by atoms with Gasteiger partial charge in [0.1, 0.15) is 11.5 Å². The second-order valence-electron chi connectivity index (χ2n) is 6.85. The first-order valence-electron chi connectivity index (χ1n) is 9.23. The highest BCUT2D eigenvalue weighted by atomic mass is 32.2. The van der Waals surface area contributed by atoms with Gasteiger partial charge in [0, 0.05) is 0 Å². The average Bonchev–Trinajstić information content (AvgIpc) is 2.65. The predicted octanol–water partition coefficient (Wildman–Crippen LogP) is 3.31. The van der Waals surface area contributed by atoms with Crippen molar-refractivity contribution in [2.75, 3.05) is 24.7 Å². The molecule has 162 valence electrons. The highest BCUT2D eigenvalue weighted by Crippen LogP contribution is 2.28. The summed E-state index contributed by atoms with van der Waals surface area (Å²) in [6, 6.07) is 15.1. The van der Waals surface area contributed by atoms with E-state index >= 15 is 0 Å². The molecule has 2 N–H and O–H groups in total. The molecular formula is C20H22O8S2. The Morgan fingerprint density at radius 1 is 0.600 bits per heavy atom. The third-order valence-electron chi connectivity index (χ3n) is 4.37. The Bertz CT molecular complexity index is 1150. The number of hydrogen-bond acceptors (Lipinski definition) is 6. The Kier molecular flexibility index (Phi) is 6.81. The molecule has 0 bridgehead atoms. The zero-order valence-corrected chi connectivity index (χ0v) is 17.7. The third-order valence-corrected chi connectivity index (χ3v) is 5.98. The Morgan fingerprint density at radius 2 is 1.00 bits per heavy atom. The lowest BCUT2D eigenvalue weighted by molar-refractivity contribution is 0.316. The quantitative estimate of drug-likeness (QED) is 0.271. The Balaban J connectivity index is 1.68. The van der Waals surface area contributed by atoms with Crippen LogP contribution in [0.25, 0.3) is 21.5 Å². The molecule has 0 heterocycles. The van der Waals surface area contributed by atoms with Gasteiger partial charge in [0.25, 0.3) is 20.2 Å². The second kappa shape index (κ2) is 9.17. The van der Waals surface area contributed by atoms with Crippen LogP contribution < -0.4 is 9.47 Å². The van der Waals surface area contributed by atoms with Crippen molar-refractivity contribution in [3.05, 3.63) is 48.5 Å². The van der Waals surface area contributed by atoms with E-state index < -0.39 is 20.2 Å². The van der Waals surface area contributed by atoms with Crippen molar-refractivity contribution >= 4 is 41.8 Å². The average molecular weight is 455 g/mol. The van der Waals surface area contributed by atoms with E-state index in [1.807, 2.05) is 36.4 Å². The fourth-order valence-corrected chi connectivity index (χ4v) is 3.96. The van der Waals surface area contributed by atoms with E-state index in [1.165, 1.54) is 0 Å². The first-order chi connectivity index (χ1) is 14.1. The third kappa shape index (κ3) is 6.84. The molecule has 0 aromatic heterocycles. The SMILES string of the molecule is O=S(=O)(O)CCCOc1ccc2cc3cc(OCCCS(=O)(=O)O)ccc3cc2c1. The summed E-state index contributed by atoms with van der Waals surface area (Å²) in [5, 5.41) is 3.88. The summed E-state index contributed by atoms with van der Waals surface area (Å²) in [7, 11) is -7.97. The number of hydrogen-bond donors (Lipinski definition) is 2. The molecule has 0 saturated heterocycles. The fourth-order valence-electron chi connectivity index (χ4n) is 3.00. The monoisotopic (exact) mass is 454 g/mol. The summed E-state index contributed by atoms with van der Waals surface area (Å²) in [5.41, 5.74) is 0. The van der Waals surface area contributed by atoms with Crippen molar-refractivity contribution < 1.29 is 35.4 Å². The first kappa shape index (κ1) is 22.3. The molecule has 10 heteroatoms. The molecular weight excluding hydrogens is 432 g/mol. The minimum atomic E-state index is -3.98. The van der Waals surface area contributed by atoms with Crippen LogP contribution >= 0.6 is 0 Å². The standard InChI is InChI=1S/C20H22O8S2/c21-29(22,23)9-1-7-27-19-5-3-15-12-18-14-20(28-8-2-10-30(24,25)26)6-4-16(18)11-17(15)13-19/h3-6,11-14H,1-2,7-10H2,(H,21,22,23)(H,24,25,26). The van der Waals surface area contributed by atoms with E-state index in [1.54, 1.807) is 12.1 Å². The van der Waals surface area contributed by atoms with Crippen molar-refractivity contribution in [1.82, 2.24) is 0 Å². The van der Waals surface area contributed by atoms with Crippen LogP contribution in [0.15, 0.2) is 48.5 Å². The highest BCUT2D eigenvalue weighted by molar-refractivity contribution is 7.86. The van der Waals surface area contributed by atoms with Crippen molar-refractivity contribution in [3.8, 4) is 11.5 Å². The lowest BCUT2D eigenvalue weighted by Gasteiger charge is -2.10. The van der Waals surface area contributed by atoms with Crippen LogP contribution in [0.3, 0.4) is 0 Å². The molecule has 0 unspecified atom stereocenters. The minimum Gasteiger partial charge on any atom is -0.494 e. The lowest BCUT2D eigenvalue weighted by Crippen LogP contribution is -2.08. The van der Waals surface area contributed by atoms with Crippen molar-refractivity contribution in [2.45, 2.75) is 12.8 Å². The molecule has 3 rings (SSSR count). The molecule has 0 aliphatic heterocycles. The summed E-state index contributed by atoms with van der Waals surface area (Å²) >= 11 is 0. The lowest BCUT2D eigenvalue weighted by atomic mass is 10.0. The van der Waals surface area contributed by atoms with Gasteiger partial charge in [-0.05, 0) is 70.8 Å². The van der Waals surface area contributed by atoms with Crippen LogP contribution in [0.5, 0.6) is 11.5 Å². The van der Waals surface area contributed by atoms with Crippen LogP contribution in [0, 0.1) is 0 Å². The van der Waals surface area contributed by atoms with Crippen molar-refractivity contribution in [1.29, 1.82) is 0 Å². The van der Waals surface area contributed by atoms with E-state index in [0.717, 1.165) is 21.5 Å².